The van der Waals surface area contributed by atoms with E-state index in [1.54, 1.807) is 0 Å². The van der Waals surface area contributed by atoms with Gasteiger partial charge in [-0.2, -0.15) is 0 Å². The van der Waals surface area contributed by atoms with Crippen molar-refractivity contribution in [3.05, 3.63) is 0 Å². The van der Waals surface area contributed by atoms with Crippen molar-refractivity contribution in [3.8, 4) is 0 Å². The lowest BCUT2D eigenvalue weighted by molar-refractivity contribution is -0.119. The van der Waals surface area contributed by atoms with Crippen LogP contribution in [0.15, 0.2) is 4.99 Å². The molecule has 25 heavy (non-hydrogen) atoms. The van der Waals surface area contributed by atoms with Crippen LogP contribution in [-0.2, 0) is 4.79 Å². The number of rotatable bonds is 3. The Morgan fingerprint density at radius 1 is 1.40 bits per heavy atom. The number of halogens is 1. The van der Waals surface area contributed by atoms with E-state index in [1.807, 2.05) is 7.05 Å². The number of fused-ring (bicyclic) bond motifs is 2. The van der Waals surface area contributed by atoms with Crippen molar-refractivity contribution in [2.75, 3.05) is 33.2 Å². The van der Waals surface area contributed by atoms with Crippen molar-refractivity contribution in [2.45, 2.75) is 51.4 Å². The molecule has 5 nitrogen and oxygen atoms in total. The largest absolute Gasteiger partial charge is 0.356 e. The van der Waals surface area contributed by atoms with E-state index in [1.165, 1.54) is 32.1 Å². The summed E-state index contributed by atoms with van der Waals surface area (Å²) in [7, 11) is 1.89. The van der Waals surface area contributed by atoms with Gasteiger partial charge in [-0.05, 0) is 56.3 Å². The molecule has 2 saturated heterocycles. The molecule has 142 valence electrons. The Morgan fingerprint density at radius 2 is 2.28 bits per heavy atom. The van der Waals surface area contributed by atoms with Gasteiger partial charge in [0.2, 0.25) is 5.91 Å². The fraction of sp³-hybridized carbons (Fsp3) is 0.895. The Balaban J connectivity index is 0.00000182. The first-order valence-corrected chi connectivity index (χ1v) is 9.90. The van der Waals surface area contributed by atoms with Gasteiger partial charge < -0.3 is 15.5 Å². The van der Waals surface area contributed by atoms with Crippen LogP contribution in [0.25, 0.3) is 0 Å². The average molecular weight is 460 g/mol. The third kappa shape index (κ3) is 4.08. The fourth-order valence-electron chi connectivity index (χ4n) is 5.86. The van der Waals surface area contributed by atoms with Crippen molar-refractivity contribution in [2.24, 2.45) is 28.2 Å². The minimum atomic E-state index is 0. The maximum absolute atomic E-state index is 11.7. The number of aliphatic imine (C=N–C) groups is 1. The van der Waals surface area contributed by atoms with Crippen LogP contribution in [0, 0.1) is 23.2 Å². The van der Waals surface area contributed by atoms with Gasteiger partial charge in [0.25, 0.3) is 0 Å². The van der Waals surface area contributed by atoms with Crippen LogP contribution in [0.1, 0.15) is 51.4 Å². The number of carbonyl (C=O) groups excluding carboxylic acids is 1. The third-order valence-corrected chi connectivity index (χ3v) is 7.05. The number of amides is 1. The van der Waals surface area contributed by atoms with E-state index in [2.05, 4.69) is 20.5 Å². The molecule has 2 bridgehead atoms. The smallest absolute Gasteiger partial charge is 0.220 e. The lowest BCUT2D eigenvalue weighted by Crippen LogP contribution is -2.51. The second-order valence-electron chi connectivity index (χ2n) is 8.68. The number of carbonyl (C=O) groups is 1. The summed E-state index contributed by atoms with van der Waals surface area (Å²) in [5, 5.41) is 6.64. The zero-order valence-corrected chi connectivity index (χ0v) is 17.8. The van der Waals surface area contributed by atoms with Gasteiger partial charge in [-0.1, -0.05) is 6.42 Å². The normalized spacial score (nSPS) is 37.3. The van der Waals surface area contributed by atoms with Crippen LogP contribution < -0.4 is 10.6 Å². The maximum atomic E-state index is 11.7. The number of hydrogen-bond acceptors (Lipinski definition) is 2. The van der Waals surface area contributed by atoms with Gasteiger partial charge in [0.05, 0.1) is 0 Å². The van der Waals surface area contributed by atoms with Crippen LogP contribution in [0.4, 0.5) is 0 Å². The molecule has 0 radical (unpaired) electrons. The molecule has 0 aromatic carbocycles. The molecule has 1 amide bonds. The molecule has 2 aliphatic heterocycles. The third-order valence-electron chi connectivity index (χ3n) is 7.05. The predicted molar refractivity (Wildman–Crippen MR) is 111 cm³/mol. The zero-order valence-electron chi connectivity index (χ0n) is 15.4. The maximum Gasteiger partial charge on any atom is 0.220 e. The summed E-state index contributed by atoms with van der Waals surface area (Å²) in [5.41, 5.74) is 0.136. The Hall–Kier alpha value is -0.530. The summed E-state index contributed by atoms with van der Waals surface area (Å²) in [5.74, 6) is 4.24. The zero-order chi connectivity index (χ0) is 16.6. The standard InChI is InChI=1S/C19H32N4O.HI/c1-20-18(21-7-5-16-10-14-3-4-15(16)9-14)23-8-2-6-19(13-23)11-17(24)22-12-19;/h14-16H,2-13H2,1H3,(H,20,21)(H,22,24);1H. The van der Waals surface area contributed by atoms with Crippen molar-refractivity contribution in [1.82, 2.24) is 15.5 Å². The SMILES string of the molecule is CN=C(NCCC1CC2CCC1C2)N1CCCC2(CNC(=O)C2)C1.I. The van der Waals surface area contributed by atoms with Crippen LogP contribution in [0.3, 0.4) is 0 Å². The summed E-state index contributed by atoms with van der Waals surface area (Å²) in [6, 6.07) is 0. The van der Waals surface area contributed by atoms with E-state index in [4.69, 9.17) is 0 Å². The average Bonchev–Trinajstić information content (AvgIpc) is 3.28. The van der Waals surface area contributed by atoms with Gasteiger partial charge in [-0.3, -0.25) is 9.79 Å². The molecule has 4 unspecified atom stereocenters. The lowest BCUT2D eigenvalue weighted by atomic mass is 9.79. The Bertz CT molecular complexity index is 526. The highest BCUT2D eigenvalue weighted by Gasteiger charge is 2.42. The first-order chi connectivity index (χ1) is 11.7. The van der Waals surface area contributed by atoms with Crippen molar-refractivity contribution < 1.29 is 4.79 Å². The monoisotopic (exact) mass is 460 g/mol. The summed E-state index contributed by atoms with van der Waals surface area (Å²) in [6.07, 6.45) is 10.2. The van der Waals surface area contributed by atoms with Gasteiger partial charge in [0.15, 0.2) is 5.96 Å². The Kier molecular flexibility index (Phi) is 6.16. The molecule has 2 aliphatic carbocycles. The summed E-state index contributed by atoms with van der Waals surface area (Å²) >= 11 is 0. The molecule has 0 aromatic rings. The fourth-order valence-corrected chi connectivity index (χ4v) is 5.86. The van der Waals surface area contributed by atoms with Crippen LogP contribution in [0.5, 0.6) is 0 Å². The second-order valence-corrected chi connectivity index (χ2v) is 8.68. The number of piperidine rings is 1. The van der Waals surface area contributed by atoms with E-state index in [0.717, 1.165) is 62.7 Å². The summed E-state index contributed by atoms with van der Waals surface area (Å²) in [4.78, 5) is 18.6. The molecule has 1 spiro atoms. The molecular weight excluding hydrogens is 427 g/mol. The highest BCUT2D eigenvalue weighted by molar-refractivity contribution is 14.0. The number of nitrogens with one attached hydrogen (secondary N) is 2. The second kappa shape index (κ2) is 8.01. The highest BCUT2D eigenvalue weighted by Crippen LogP contribution is 2.49. The van der Waals surface area contributed by atoms with E-state index in [9.17, 15) is 4.79 Å². The number of hydrogen-bond donors (Lipinski definition) is 2. The molecule has 2 heterocycles. The molecule has 6 heteroatoms. The molecular formula is C19H33IN4O. The Morgan fingerprint density at radius 3 is 2.92 bits per heavy atom. The lowest BCUT2D eigenvalue weighted by Gasteiger charge is -2.40. The van der Waals surface area contributed by atoms with Crippen LogP contribution in [-0.4, -0.2) is 50.0 Å². The molecule has 2 N–H and O–H groups in total. The summed E-state index contributed by atoms with van der Waals surface area (Å²) in [6.45, 7) is 3.90. The van der Waals surface area contributed by atoms with Gasteiger partial charge in [-0.25, -0.2) is 0 Å². The van der Waals surface area contributed by atoms with Gasteiger partial charge in [-0.15, -0.1) is 24.0 Å². The predicted octanol–water partition coefficient (Wildman–Crippen LogP) is 2.61. The molecule has 2 saturated carbocycles. The topological polar surface area (TPSA) is 56.7 Å². The minimum absolute atomic E-state index is 0. The van der Waals surface area contributed by atoms with Crippen molar-refractivity contribution >= 4 is 35.8 Å². The van der Waals surface area contributed by atoms with E-state index in [0.29, 0.717) is 6.42 Å². The minimum Gasteiger partial charge on any atom is -0.356 e. The van der Waals surface area contributed by atoms with E-state index in [-0.39, 0.29) is 35.3 Å². The van der Waals surface area contributed by atoms with Gasteiger partial charge >= 0.3 is 0 Å². The quantitative estimate of drug-likeness (QED) is 0.387. The van der Waals surface area contributed by atoms with Gasteiger partial charge in [0, 0.05) is 45.1 Å². The highest BCUT2D eigenvalue weighted by atomic mass is 127. The molecule has 4 atom stereocenters. The van der Waals surface area contributed by atoms with E-state index >= 15 is 0 Å². The first kappa shape index (κ1) is 19.2. The molecule has 0 aromatic heterocycles. The summed E-state index contributed by atoms with van der Waals surface area (Å²) < 4.78 is 0. The number of nitrogens with zero attached hydrogens (tertiary/aromatic N) is 2. The molecule has 4 aliphatic rings. The number of likely N-dealkylation sites (tertiary alicyclic amines) is 1. The van der Waals surface area contributed by atoms with Gasteiger partial charge in [0.1, 0.15) is 0 Å². The Labute approximate surface area is 168 Å². The molecule has 4 rings (SSSR count). The van der Waals surface area contributed by atoms with Crippen molar-refractivity contribution in [1.29, 1.82) is 0 Å². The molecule has 4 fully saturated rings. The van der Waals surface area contributed by atoms with E-state index < -0.39 is 0 Å². The first-order valence-electron chi connectivity index (χ1n) is 9.90. The number of guanidine groups is 1. The van der Waals surface area contributed by atoms with Crippen LogP contribution in [0.2, 0.25) is 0 Å². The van der Waals surface area contributed by atoms with Crippen LogP contribution >= 0.6 is 24.0 Å². The van der Waals surface area contributed by atoms with Crippen molar-refractivity contribution in [3.63, 3.8) is 0 Å².